The Morgan fingerprint density at radius 1 is 0.857 bits per heavy atom. The van der Waals surface area contributed by atoms with E-state index in [2.05, 4.69) is 0 Å². The summed E-state index contributed by atoms with van der Waals surface area (Å²) in [7, 11) is -2.76. The second-order valence-corrected chi connectivity index (χ2v) is 8.70. The number of hydrogen-bond acceptors (Lipinski definition) is 2. The summed E-state index contributed by atoms with van der Waals surface area (Å²) in [6.45, 7) is 0. The normalized spacial score (nSPS) is 19.4. The topological polar surface area (TPSA) is 34.1 Å². The van der Waals surface area contributed by atoms with Gasteiger partial charge in [-0.05, 0) is 12.8 Å². The van der Waals surface area contributed by atoms with Crippen LogP contribution in [0.4, 0.5) is 0 Å². The van der Waals surface area contributed by atoms with Gasteiger partial charge in [0, 0.05) is 29.1 Å². The van der Waals surface area contributed by atoms with Crippen LogP contribution in [0.15, 0.2) is 60.7 Å². The van der Waals surface area contributed by atoms with E-state index in [9.17, 15) is 9.36 Å². The third-order valence-electron chi connectivity index (χ3n) is 4.25. The van der Waals surface area contributed by atoms with Crippen molar-refractivity contribution in [3.63, 3.8) is 0 Å². The van der Waals surface area contributed by atoms with E-state index in [0.717, 1.165) is 23.5 Å². The van der Waals surface area contributed by atoms with Crippen LogP contribution >= 0.6 is 7.14 Å². The third kappa shape index (κ3) is 2.73. The maximum Gasteiger partial charge on any atom is 0.146 e. The molecule has 0 bridgehead atoms. The fourth-order valence-corrected chi connectivity index (χ4v) is 6.56. The van der Waals surface area contributed by atoms with Crippen molar-refractivity contribution in [1.82, 2.24) is 0 Å². The van der Waals surface area contributed by atoms with Gasteiger partial charge in [0.2, 0.25) is 0 Å². The third-order valence-corrected chi connectivity index (χ3v) is 7.85. The zero-order chi connectivity index (χ0) is 14.7. The van der Waals surface area contributed by atoms with E-state index in [4.69, 9.17) is 0 Å². The lowest BCUT2D eigenvalue weighted by atomic mass is 9.99. The molecule has 0 N–H and O–H groups in total. The van der Waals surface area contributed by atoms with Gasteiger partial charge in [-0.15, -0.1) is 0 Å². The molecule has 2 aromatic rings. The molecule has 0 aliphatic heterocycles. The first kappa shape index (κ1) is 14.3. The highest BCUT2D eigenvalue weighted by Crippen LogP contribution is 2.53. The predicted molar refractivity (Wildman–Crippen MR) is 87.0 cm³/mol. The Hall–Kier alpha value is -1.66. The highest BCUT2D eigenvalue weighted by Gasteiger charge is 2.38. The molecule has 1 saturated carbocycles. The smallest absolute Gasteiger partial charge is 0.146 e. The van der Waals surface area contributed by atoms with Crippen molar-refractivity contribution < 1.29 is 9.36 Å². The molecule has 2 aromatic carbocycles. The molecule has 1 aliphatic rings. The molecule has 21 heavy (non-hydrogen) atoms. The minimum atomic E-state index is -2.76. The lowest BCUT2D eigenvalue weighted by Crippen LogP contribution is -2.30. The Bertz CT molecular complexity index is 621. The molecule has 0 amide bonds. The zero-order valence-electron chi connectivity index (χ0n) is 11.9. The van der Waals surface area contributed by atoms with E-state index in [1.807, 2.05) is 60.7 Å². The number of rotatable bonds is 3. The summed E-state index contributed by atoms with van der Waals surface area (Å²) in [5, 5.41) is 1.74. The van der Waals surface area contributed by atoms with Gasteiger partial charge in [-0.3, -0.25) is 4.79 Å². The van der Waals surface area contributed by atoms with Crippen molar-refractivity contribution >= 4 is 23.5 Å². The standard InChI is InChI=1S/C18H19O2P/c19-15-8-7-13-18(14-15)21(20,16-9-3-1-4-10-16)17-11-5-2-6-12-17/h1-6,9-12,18H,7-8,13-14H2. The summed E-state index contributed by atoms with van der Waals surface area (Å²) < 4.78 is 14.0. The second-order valence-electron chi connectivity index (χ2n) is 5.62. The summed E-state index contributed by atoms with van der Waals surface area (Å²) in [5.74, 6) is 0.248. The molecule has 1 aliphatic carbocycles. The van der Waals surface area contributed by atoms with Gasteiger partial charge in [0.15, 0.2) is 0 Å². The predicted octanol–water partition coefficient (Wildman–Crippen LogP) is 3.51. The van der Waals surface area contributed by atoms with Gasteiger partial charge in [0.25, 0.3) is 0 Å². The highest BCUT2D eigenvalue weighted by atomic mass is 31.2. The Morgan fingerprint density at radius 2 is 1.38 bits per heavy atom. The monoisotopic (exact) mass is 298 g/mol. The fraction of sp³-hybridized carbons (Fsp3) is 0.278. The van der Waals surface area contributed by atoms with E-state index in [0.29, 0.717) is 12.8 Å². The Labute approximate surface area is 125 Å². The van der Waals surface area contributed by atoms with Crippen molar-refractivity contribution in [2.45, 2.75) is 31.3 Å². The minimum absolute atomic E-state index is 0.0523. The van der Waals surface area contributed by atoms with Gasteiger partial charge < -0.3 is 4.57 Å². The van der Waals surface area contributed by atoms with Gasteiger partial charge in [0.05, 0.1) is 0 Å². The van der Waals surface area contributed by atoms with Crippen LogP contribution in [0.3, 0.4) is 0 Å². The molecular formula is C18H19O2P. The molecule has 3 rings (SSSR count). The van der Waals surface area contributed by atoms with Gasteiger partial charge in [-0.25, -0.2) is 0 Å². The first-order valence-electron chi connectivity index (χ1n) is 7.44. The molecule has 1 fully saturated rings. The average Bonchev–Trinajstić information content (AvgIpc) is 2.56. The number of carbonyl (C=O) groups excluding carboxylic acids is 1. The van der Waals surface area contributed by atoms with Crippen LogP contribution < -0.4 is 10.6 Å². The SMILES string of the molecule is O=C1CCCC(P(=O)(c2ccccc2)c2ccccc2)C1. The van der Waals surface area contributed by atoms with Crippen molar-refractivity contribution in [1.29, 1.82) is 0 Å². The molecule has 1 unspecified atom stereocenters. The lowest BCUT2D eigenvalue weighted by molar-refractivity contribution is -0.120. The quantitative estimate of drug-likeness (QED) is 0.813. The van der Waals surface area contributed by atoms with Crippen LogP contribution in [0, 0.1) is 0 Å². The highest BCUT2D eigenvalue weighted by molar-refractivity contribution is 7.79. The Kier molecular flexibility index (Phi) is 4.07. The molecule has 0 saturated heterocycles. The van der Waals surface area contributed by atoms with Gasteiger partial charge >= 0.3 is 0 Å². The molecule has 0 heterocycles. The number of carbonyl (C=O) groups is 1. The number of Topliss-reactive ketones (excluding diaryl/α,β-unsaturated/α-hetero) is 1. The van der Waals surface area contributed by atoms with Crippen LogP contribution in [-0.2, 0) is 9.36 Å². The molecular weight excluding hydrogens is 279 g/mol. The summed E-state index contributed by atoms with van der Waals surface area (Å²) in [6, 6.07) is 19.3. The van der Waals surface area contributed by atoms with E-state index in [1.165, 1.54) is 0 Å². The number of hydrogen-bond donors (Lipinski definition) is 0. The lowest BCUT2D eigenvalue weighted by Gasteiger charge is -2.30. The summed E-state index contributed by atoms with van der Waals surface area (Å²) >= 11 is 0. The van der Waals surface area contributed by atoms with Gasteiger partial charge in [-0.1, -0.05) is 60.7 Å². The van der Waals surface area contributed by atoms with Gasteiger partial charge in [0.1, 0.15) is 12.9 Å². The van der Waals surface area contributed by atoms with E-state index in [-0.39, 0.29) is 11.4 Å². The summed E-state index contributed by atoms with van der Waals surface area (Å²) in [4.78, 5) is 11.9. The first-order chi connectivity index (χ1) is 10.2. The van der Waals surface area contributed by atoms with Crippen molar-refractivity contribution in [3.8, 4) is 0 Å². The molecule has 2 nitrogen and oxygen atoms in total. The molecule has 1 atom stereocenters. The van der Waals surface area contributed by atoms with Crippen LogP contribution in [0.1, 0.15) is 25.7 Å². The van der Waals surface area contributed by atoms with E-state index >= 15 is 0 Å². The van der Waals surface area contributed by atoms with Crippen molar-refractivity contribution in [2.75, 3.05) is 0 Å². The van der Waals surface area contributed by atoms with Crippen LogP contribution in [-0.4, -0.2) is 11.4 Å². The Balaban J connectivity index is 2.11. The Morgan fingerprint density at radius 3 is 1.86 bits per heavy atom. The van der Waals surface area contributed by atoms with Crippen LogP contribution in [0.2, 0.25) is 0 Å². The zero-order valence-corrected chi connectivity index (χ0v) is 12.8. The maximum atomic E-state index is 14.0. The summed E-state index contributed by atoms with van der Waals surface area (Å²) in [5.41, 5.74) is -0.0523. The second kappa shape index (κ2) is 5.99. The molecule has 0 spiro atoms. The average molecular weight is 298 g/mol. The van der Waals surface area contributed by atoms with E-state index in [1.54, 1.807) is 0 Å². The summed E-state index contributed by atoms with van der Waals surface area (Å²) in [6.07, 6.45) is 2.81. The number of benzene rings is 2. The van der Waals surface area contributed by atoms with Crippen molar-refractivity contribution in [3.05, 3.63) is 60.7 Å². The largest absolute Gasteiger partial charge is 0.313 e. The fourth-order valence-electron chi connectivity index (χ4n) is 3.18. The first-order valence-corrected chi connectivity index (χ1v) is 9.21. The maximum absolute atomic E-state index is 14.0. The van der Waals surface area contributed by atoms with E-state index < -0.39 is 7.14 Å². The molecule has 108 valence electrons. The molecule has 0 aromatic heterocycles. The number of ketones is 1. The molecule has 0 radical (unpaired) electrons. The van der Waals surface area contributed by atoms with Crippen molar-refractivity contribution in [2.24, 2.45) is 0 Å². The van der Waals surface area contributed by atoms with Crippen LogP contribution in [0.5, 0.6) is 0 Å². The van der Waals surface area contributed by atoms with Gasteiger partial charge in [-0.2, -0.15) is 0 Å². The minimum Gasteiger partial charge on any atom is -0.313 e. The molecule has 3 heteroatoms. The van der Waals surface area contributed by atoms with Crippen LogP contribution in [0.25, 0.3) is 0 Å².